The van der Waals surface area contributed by atoms with Crippen LogP contribution < -0.4 is 0 Å². The molecule has 1 N–H and O–H groups in total. The first-order valence-electron chi connectivity index (χ1n) is 7.53. The fourth-order valence-electron chi connectivity index (χ4n) is 2.87. The highest BCUT2D eigenvalue weighted by atomic mass is 16.4. The van der Waals surface area contributed by atoms with Gasteiger partial charge in [-0.1, -0.05) is 26.0 Å². The maximum absolute atomic E-state index is 12.4. The molecule has 1 saturated heterocycles. The fraction of sp³-hybridized carbons (Fsp3) is 0.529. The van der Waals surface area contributed by atoms with Crippen LogP contribution in [0.15, 0.2) is 24.3 Å². The molecule has 0 aliphatic carbocycles. The lowest BCUT2D eigenvalue weighted by Gasteiger charge is -2.40. The summed E-state index contributed by atoms with van der Waals surface area (Å²) in [7, 11) is 0. The molecule has 1 heterocycles. The van der Waals surface area contributed by atoms with Gasteiger partial charge >= 0.3 is 5.97 Å². The molecule has 4 nitrogen and oxygen atoms in total. The number of aromatic carboxylic acids is 1. The number of carboxylic acids is 1. The number of carbonyl (C=O) groups excluding carboxylic acids is 1. The van der Waals surface area contributed by atoms with Crippen LogP contribution in [0.5, 0.6) is 0 Å². The minimum atomic E-state index is -0.942. The first-order chi connectivity index (χ1) is 9.93. The predicted octanol–water partition coefficient (Wildman–Crippen LogP) is 2.97. The zero-order valence-electron chi connectivity index (χ0n) is 12.8. The Hall–Kier alpha value is -1.84. The zero-order valence-corrected chi connectivity index (χ0v) is 12.8. The van der Waals surface area contributed by atoms with Gasteiger partial charge in [0.05, 0.1) is 12.0 Å². The van der Waals surface area contributed by atoms with E-state index in [0.29, 0.717) is 6.42 Å². The number of nitrogens with zero attached hydrogens (tertiary/aromatic N) is 1. The van der Waals surface area contributed by atoms with E-state index < -0.39 is 5.97 Å². The highest BCUT2D eigenvalue weighted by Gasteiger charge is 2.31. The van der Waals surface area contributed by atoms with E-state index in [1.807, 2.05) is 4.90 Å². The van der Waals surface area contributed by atoms with Crippen molar-refractivity contribution in [2.75, 3.05) is 13.1 Å². The van der Waals surface area contributed by atoms with Gasteiger partial charge in [0, 0.05) is 13.1 Å². The van der Waals surface area contributed by atoms with Gasteiger partial charge in [0.15, 0.2) is 0 Å². The van der Waals surface area contributed by atoms with Crippen molar-refractivity contribution in [2.45, 2.75) is 39.5 Å². The number of hydrogen-bond acceptors (Lipinski definition) is 2. The molecule has 0 bridgehead atoms. The normalized spacial score (nSPS) is 22.1. The van der Waals surface area contributed by atoms with Crippen LogP contribution in [0, 0.1) is 5.41 Å². The number of carboxylic acid groups (broad SMARTS) is 1. The number of piperidine rings is 1. The van der Waals surface area contributed by atoms with Gasteiger partial charge in [-0.05, 0) is 42.4 Å². The van der Waals surface area contributed by atoms with Gasteiger partial charge in [0.1, 0.15) is 0 Å². The Bertz CT molecular complexity index is 523. The Balaban J connectivity index is 1.99. The third kappa shape index (κ3) is 3.84. The largest absolute Gasteiger partial charge is 0.478 e. The minimum absolute atomic E-state index is 0.137. The number of amides is 1. The third-order valence-electron chi connectivity index (χ3n) is 4.54. The molecule has 0 saturated carbocycles. The van der Waals surface area contributed by atoms with Crippen LogP contribution in [-0.4, -0.2) is 35.0 Å². The van der Waals surface area contributed by atoms with Crippen molar-refractivity contribution < 1.29 is 14.7 Å². The molecular formula is C17H23NO3. The lowest BCUT2D eigenvalue weighted by molar-refractivity contribution is -0.133. The zero-order chi connectivity index (χ0) is 15.5. The molecular weight excluding hydrogens is 266 g/mol. The van der Waals surface area contributed by atoms with Gasteiger partial charge in [-0.3, -0.25) is 4.79 Å². The lowest BCUT2D eigenvalue weighted by atomic mass is 9.79. The number of likely N-dealkylation sites (tertiary alicyclic amines) is 1. The summed E-state index contributed by atoms with van der Waals surface area (Å²) in [5.41, 5.74) is 1.36. The summed E-state index contributed by atoms with van der Waals surface area (Å²) in [6.07, 6.45) is 3.68. The minimum Gasteiger partial charge on any atom is -0.478 e. The fourth-order valence-corrected chi connectivity index (χ4v) is 2.87. The average molecular weight is 289 g/mol. The Kier molecular flexibility index (Phi) is 4.66. The second-order valence-electron chi connectivity index (χ2n) is 6.26. The summed E-state index contributed by atoms with van der Waals surface area (Å²) in [4.78, 5) is 25.2. The van der Waals surface area contributed by atoms with Gasteiger partial charge in [-0.2, -0.15) is 0 Å². The maximum Gasteiger partial charge on any atom is 0.335 e. The summed E-state index contributed by atoms with van der Waals surface area (Å²) >= 11 is 0. The van der Waals surface area contributed by atoms with Gasteiger partial charge in [0.25, 0.3) is 0 Å². The quantitative estimate of drug-likeness (QED) is 0.927. The van der Waals surface area contributed by atoms with Gasteiger partial charge in [0.2, 0.25) is 5.91 Å². The molecule has 4 heteroatoms. The highest BCUT2D eigenvalue weighted by Crippen LogP contribution is 2.32. The molecule has 1 aliphatic rings. The number of carbonyl (C=O) groups is 2. The second-order valence-corrected chi connectivity index (χ2v) is 6.26. The van der Waals surface area contributed by atoms with E-state index in [-0.39, 0.29) is 16.9 Å². The van der Waals surface area contributed by atoms with Crippen molar-refractivity contribution in [3.05, 3.63) is 35.4 Å². The highest BCUT2D eigenvalue weighted by molar-refractivity contribution is 5.87. The predicted molar refractivity (Wildman–Crippen MR) is 81.3 cm³/mol. The van der Waals surface area contributed by atoms with E-state index in [2.05, 4.69) is 13.8 Å². The molecule has 1 atom stereocenters. The molecule has 1 fully saturated rings. The first-order valence-corrected chi connectivity index (χ1v) is 7.53. The van der Waals surface area contributed by atoms with Crippen LogP contribution >= 0.6 is 0 Å². The van der Waals surface area contributed by atoms with Crippen LogP contribution in [0.3, 0.4) is 0 Å². The Morgan fingerprint density at radius 1 is 1.29 bits per heavy atom. The van der Waals surface area contributed by atoms with E-state index in [1.54, 1.807) is 24.3 Å². The molecule has 21 heavy (non-hydrogen) atoms. The molecule has 1 aliphatic heterocycles. The molecule has 0 radical (unpaired) electrons. The molecule has 1 unspecified atom stereocenters. The molecule has 1 amide bonds. The number of hydrogen-bond donors (Lipinski definition) is 1. The van der Waals surface area contributed by atoms with E-state index in [0.717, 1.165) is 31.5 Å². The Morgan fingerprint density at radius 2 is 1.95 bits per heavy atom. The Morgan fingerprint density at radius 3 is 2.52 bits per heavy atom. The molecule has 114 valence electrons. The van der Waals surface area contributed by atoms with Crippen molar-refractivity contribution in [3.8, 4) is 0 Å². The van der Waals surface area contributed by atoms with E-state index in [1.165, 1.54) is 6.42 Å². The lowest BCUT2D eigenvalue weighted by Crippen LogP contribution is -2.45. The summed E-state index contributed by atoms with van der Waals surface area (Å²) in [5.74, 6) is -0.805. The van der Waals surface area contributed by atoms with E-state index >= 15 is 0 Å². The molecule has 1 aromatic rings. The molecule has 0 spiro atoms. The standard InChI is InChI=1S/C17H23NO3/c1-3-17(2)9-4-10-18(12-17)15(19)11-13-5-7-14(8-6-13)16(20)21/h5-8H,3-4,9-12H2,1-2H3,(H,20,21). The maximum atomic E-state index is 12.4. The smallest absolute Gasteiger partial charge is 0.335 e. The van der Waals surface area contributed by atoms with Crippen molar-refractivity contribution in [1.29, 1.82) is 0 Å². The summed E-state index contributed by atoms with van der Waals surface area (Å²) < 4.78 is 0. The first kappa shape index (κ1) is 15.5. The van der Waals surface area contributed by atoms with Gasteiger partial charge < -0.3 is 10.0 Å². The summed E-state index contributed by atoms with van der Waals surface area (Å²) in [6, 6.07) is 6.56. The Labute approximate surface area is 125 Å². The molecule has 2 rings (SSSR count). The van der Waals surface area contributed by atoms with Crippen molar-refractivity contribution in [1.82, 2.24) is 4.90 Å². The van der Waals surface area contributed by atoms with Crippen LogP contribution in [-0.2, 0) is 11.2 Å². The van der Waals surface area contributed by atoms with E-state index in [4.69, 9.17) is 5.11 Å². The average Bonchev–Trinajstić information content (AvgIpc) is 2.48. The van der Waals surface area contributed by atoms with E-state index in [9.17, 15) is 9.59 Å². The van der Waals surface area contributed by atoms with Crippen molar-refractivity contribution in [2.24, 2.45) is 5.41 Å². The molecule has 0 aromatic heterocycles. The van der Waals surface area contributed by atoms with Crippen molar-refractivity contribution >= 4 is 11.9 Å². The monoisotopic (exact) mass is 289 g/mol. The SMILES string of the molecule is CCC1(C)CCCN(C(=O)Cc2ccc(C(=O)O)cc2)C1. The summed E-state index contributed by atoms with van der Waals surface area (Å²) in [6.45, 7) is 6.09. The van der Waals surface area contributed by atoms with Crippen LogP contribution in [0.1, 0.15) is 49.0 Å². The third-order valence-corrected chi connectivity index (χ3v) is 4.54. The molecule has 1 aromatic carbocycles. The van der Waals surface area contributed by atoms with Crippen LogP contribution in [0.2, 0.25) is 0 Å². The van der Waals surface area contributed by atoms with Crippen LogP contribution in [0.25, 0.3) is 0 Å². The van der Waals surface area contributed by atoms with Gasteiger partial charge in [-0.25, -0.2) is 4.79 Å². The van der Waals surface area contributed by atoms with Crippen molar-refractivity contribution in [3.63, 3.8) is 0 Å². The second kappa shape index (κ2) is 6.29. The topological polar surface area (TPSA) is 57.6 Å². The van der Waals surface area contributed by atoms with Crippen LogP contribution in [0.4, 0.5) is 0 Å². The number of benzene rings is 1. The number of rotatable bonds is 4. The summed E-state index contributed by atoms with van der Waals surface area (Å²) in [5, 5.41) is 8.87. The van der Waals surface area contributed by atoms with Gasteiger partial charge in [-0.15, -0.1) is 0 Å².